The highest BCUT2D eigenvalue weighted by Crippen LogP contribution is 2.25. The van der Waals surface area contributed by atoms with E-state index < -0.39 is 10.0 Å². The summed E-state index contributed by atoms with van der Waals surface area (Å²) in [7, 11) is -3.74. The minimum atomic E-state index is -3.74. The molecule has 2 N–H and O–H groups in total. The molecule has 3 rings (SSSR count). The van der Waals surface area contributed by atoms with E-state index in [9.17, 15) is 18.0 Å². The summed E-state index contributed by atoms with van der Waals surface area (Å²) < 4.78 is 28.1. The largest absolute Gasteiger partial charge is 0.352 e. The summed E-state index contributed by atoms with van der Waals surface area (Å²) in [6.07, 6.45) is 2.87. The lowest BCUT2D eigenvalue weighted by atomic mass is 9.87. The van der Waals surface area contributed by atoms with E-state index in [0.717, 1.165) is 5.56 Å². The van der Waals surface area contributed by atoms with Crippen molar-refractivity contribution in [1.82, 2.24) is 10.2 Å². The van der Waals surface area contributed by atoms with Crippen LogP contribution in [-0.4, -0.2) is 44.8 Å². The van der Waals surface area contributed by atoms with Crippen molar-refractivity contribution in [3.05, 3.63) is 72.3 Å². The third-order valence-corrected chi connectivity index (χ3v) is 7.39. The molecule has 2 aromatic rings. The molecule has 8 heteroatoms. The number of piperidine rings is 1. The van der Waals surface area contributed by atoms with E-state index in [1.807, 2.05) is 12.1 Å². The average molecular weight is 484 g/mol. The van der Waals surface area contributed by atoms with E-state index in [1.165, 1.54) is 0 Å². The number of carbonyl (C=O) groups excluding carboxylic acids is 2. The van der Waals surface area contributed by atoms with Gasteiger partial charge in [-0.15, -0.1) is 6.58 Å². The standard InChI is InChI=1S/C26H33N3O4S/c1-5-16-27-24(30)19-14-17-29(18-15-19)25(31)20-6-10-22(11-7-20)28-34(32,33)23-12-8-21(9-13-23)26(2,3)4/h5-13,19,28H,1,14-18H2,2-4H3,(H,27,30). The Morgan fingerprint density at radius 1 is 1.03 bits per heavy atom. The Balaban J connectivity index is 1.60. The number of nitrogens with zero attached hydrogens (tertiary/aromatic N) is 1. The van der Waals surface area contributed by atoms with Crippen molar-refractivity contribution in [3.63, 3.8) is 0 Å². The summed E-state index contributed by atoms with van der Waals surface area (Å²) in [5.41, 5.74) is 1.85. The molecule has 0 aliphatic carbocycles. The smallest absolute Gasteiger partial charge is 0.261 e. The SMILES string of the molecule is C=CCNC(=O)C1CCN(C(=O)c2ccc(NS(=O)(=O)c3ccc(C(C)(C)C)cc3)cc2)CC1. The first-order valence-electron chi connectivity index (χ1n) is 11.4. The van der Waals surface area contributed by atoms with Gasteiger partial charge in [0.15, 0.2) is 0 Å². The number of nitrogens with one attached hydrogen (secondary N) is 2. The predicted octanol–water partition coefficient (Wildman–Crippen LogP) is 3.94. The molecule has 0 saturated carbocycles. The van der Waals surface area contributed by atoms with Crippen LogP contribution in [0.15, 0.2) is 66.1 Å². The molecular weight excluding hydrogens is 450 g/mol. The quantitative estimate of drug-likeness (QED) is 0.583. The fraction of sp³-hybridized carbons (Fsp3) is 0.385. The van der Waals surface area contributed by atoms with Crippen LogP contribution in [0.1, 0.15) is 49.5 Å². The zero-order valence-electron chi connectivity index (χ0n) is 20.0. The van der Waals surface area contributed by atoms with Gasteiger partial charge >= 0.3 is 0 Å². The molecule has 2 aromatic carbocycles. The molecule has 34 heavy (non-hydrogen) atoms. The number of benzene rings is 2. The number of hydrogen-bond acceptors (Lipinski definition) is 4. The summed E-state index contributed by atoms with van der Waals surface area (Å²) >= 11 is 0. The highest BCUT2D eigenvalue weighted by Gasteiger charge is 2.27. The Labute approximate surface area is 202 Å². The van der Waals surface area contributed by atoms with Gasteiger partial charge in [0, 0.05) is 36.8 Å². The van der Waals surface area contributed by atoms with Crippen molar-refractivity contribution in [2.24, 2.45) is 5.92 Å². The van der Waals surface area contributed by atoms with Crippen molar-refractivity contribution in [2.45, 2.75) is 43.9 Å². The molecule has 0 unspecified atom stereocenters. The van der Waals surface area contributed by atoms with Gasteiger partial charge in [-0.1, -0.05) is 39.0 Å². The van der Waals surface area contributed by atoms with Crippen molar-refractivity contribution < 1.29 is 18.0 Å². The maximum atomic E-state index is 12.9. The van der Waals surface area contributed by atoms with Crippen LogP contribution >= 0.6 is 0 Å². The maximum absolute atomic E-state index is 12.9. The first-order valence-corrected chi connectivity index (χ1v) is 12.9. The van der Waals surface area contributed by atoms with E-state index in [-0.39, 0.29) is 28.0 Å². The number of amides is 2. The van der Waals surface area contributed by atoms with Gasteiger partial charge in [0.25, 0.3) is 15.9 Å². The molecule has 0 atom stereocenters. The second-order valence-corrected chi connectivity index (χ2v) is 11.2. The number of anilines is 1. The highest BCUT2D eigenvalue weighted by atomic mass is 32.2. The van der Waals surface area contributed by atoms with Crippen molar-refractivity contribution in [1.29, 1.82) is 0 Å². The molecule has 0 radical (unpaired) electrons. The van der Waals surface area contributed by atoms with Gasteiger partial charge < -0.3 is 10.2 Å². The molecule has 182 valence electrons. The van der Waals surface area contributed by atoms with Gasteiger partial charge in [0.2, 0.25) is 5.91 Å². The highest BCUT2D eigenvalue weighted by molar-refractivity contribution is 7.92. The number of likely N-dealkylation sites (tertiary alicyclic amines) is 1. The number of rotatable bonds is 7. The first-order chi connectivity index (χ1) is 16.0. The van der Waals surface area contributed by atoms with Crippen LogP contribution in [0.3, 0.4) is 0 Å². The van der Waals surface area contributed by atoms with Crippen molar-refractivity contribution in [3.8, 4) is 0 Å². The van der Waals surface area contributed by atoms with E-state index in [4.69, 9.17) is 0 Å². The molecule has 7 nitrogen and oxygen atoms in total. The lowest BCUT2D eigenvalue weighted by molar-refractivity contribution is -0.126. The molecule has 2 amide bonds. The minimum Gasteiger partial charge on any atom is -0.352 e. The second kappa shape index (κ2) is 10.4. The topological polar surface area (TPSA) is 95.6 Å². The van der Waals surface area contributed by atoms with Gasteiger partial charge in [-0.05, 0) is 60.2 Å². The molecule has 0 spiro atoms. The Kier molecular flexibility index (Phi) is 7.82. The summed E-state index contributed by atoms with van der Waals surface area (Å²) in [6, 6.07) is 13.3. The Morgan fingerprint density at radius 2 is 1.62 bits per heavy atom. The van der Waals surface area contributed by atoms with Gasteiger partial charge in [0.05, 0.1) is 4.90 Å². The minimum absolute atomic E-state index is 0.00307. The summed E-state index contributed by atoms with van der Waals surface area (Å²) in [5, 5.41) is 2.81. The lowest BCUT2D eigenvalue weighted by Crippen LogP contribution is -2.43. The van der Waals surface area contributed by atoms with Crippen molar-refractivity contribution >= 4 is 27.5 Å². The van der Waals surface area contributed by atoms with Crippen LogP contribution in [0.25, 0.3) is 0 Å². The summed E-state index contributed by atoms with van der Waals surface area (Å²) in [4.78, 5) is 26.9. The van der Waals surface area contributed by atoms with E-state index >= 15 is 0 Å². The van der Waals surface area contributed by atoms with Crippen LogP contribution in [0.5, 0.6) is 0 Å². The number of sulfonamides is 1. The molecule has 1 saturated heterocycles. The molecule has 1 fully saturated rings. The van der Waals surface area contributed by atoms with Gasteiger partial charge in [-0.3, -0.25) is 14.3 Å². The Morgan fingerprint density at radius 3 is 2.15 bits per heavy atom. The van der Waals surface area contributed by atoms with E-state index in [0.29, 0.717) is 43.7 Å². The fourth-order valence-corrected chi connectivity index (χ4v) is 4.93. The van der Waals surface area contributed by atoms with Crippen LogP contribution < -0.4 is 10.0 Å². The molecule has 0 bridgehead atoms. The Bertz CT molecular complexity index is 1130. The van der Waals surface area contributed by atoms with Crippen LogP contribution in [0, 0.1) is 5.92 Å². The maximum Gasteiger partial charge on any atom is 0.261 e. The number of hydrogen-bond donors (Lipinski definition) is 2. The van der Waals surface area contributed by atoms with Gasteiger partial charge in [0.1, 0.15) is 0 Å². The predicted molar refractivity (Wildman–Crippen MR) is 134 cm³/mol. The zero-order valence-corrected chi connectivity index (χ0v) is 20.8. The third-order valence-electron chi connectivity index (χ3n) is 5.99. The normalized spacial score (nSPS) is 15.0. The molecular formula is C26H33N3O4S. The monoisotopic (exact) mass is 483 g/mol. The van der Waals surface area contributed by atoms with Crippen molar-refractivity contribution in [2.75, 3.05) is 24.4 Å². The lowest BCUT2D eigenvalue weighted by Gasteiger charge is -2.31. The second-order valence-electron chi connectivity index (χ2n) is 9.56. The molecule has 1 aliphatic heterocycles. The average Bonchev–Trinajstić information content (AvgIpc) is 2.82. The zero-order chi connectivity index (χ0) is 24.9. The van der Waals surface area contributed by atoms with Gasteiger partial charge in [-0.2, -0.15) is 0 Å². The van der Waals surface area contributed by atoms with Crippen LogP contribution in [-0.2, 0) is 20.2 Å². The molecule has 1 aliphatic rings. The fourth-order valence-electron chi connectivity index (χ4n) is 3.87. The summed E-state index contributed by atoms with van der Waals surface area (Å²) in [5.74, 6) is -0.230. The molecule has 1 heterocycles. The Hall–Kier alpha value is -3.13. The van der Waals surface area contributed by atoms with Crippen LogP contribution in [0.4, 0.5) is 5.69 Å². The third kappa shape index (κ3) is 6.26. The van der Waals surface area contributed by atoms with E-state index in [1.54, 1.807) is 47.4 Å². The first kappa shape index (κ1) is 25.5. The van der Waals surface area contributed by atoms with E-state index in [2.05, 4.69) is 37.4 Å². The van der Waals surface area contributed by atoms with Gasteiger partial charge in [-0.25, -0.2) is 8.42 Å². The summed E-state index contributed by atoms with van der Waals surface area (Å²) in [6.45, 7) is 11.3. The number of carbonyl (C=O) groups is 2. The van der Waals surface area contributed by atoms with Crippen LogP contribution in [0.2, 0.25) is 0 Å². The molecule has 0 aromatic heterocycles.